The normalized spacial score (nSPS) is 51.9. The van der Waals surface area contributed by atoms with Crippen molar-refractivity contribution in [1.29, 1.82) is 0 Å². The van der Waals surface area contributed by atoms with Crippen LogP contribution in [0.3, 0.4) is 0 Å². The van der Waals surface area contributed by atoms with E-state index in [0.717, 1.165) is 11.8 Å². The summed E-state index contributed by atoms with van der Waals surface area (Å²) < 4.78 is 0. The van der Waals surface area contributed by atoms with Crippen LogP contribution in [0, 0.1) is 23.7 Å². The molecule has 84 valence electrons. The van der Waals surface area contributed by atoms with E-state index in [1.165, 1.54) is 37.7 Å². The zero-order chi connectivity index (χ0) is 10.6. The Morgan fingerprint density at radius 3 is 1.87 bits per heavy atom. The summed E-state index contributed by atoms with van der Waals surface area (Å²) >= 11 is 0. The van der Waals surface area contributed by atoms with Gasteiger partial charge in [-0.15, -0.1) is 0 Å². The second-order valence-corrected chi connectivity index (χ2v) is 6.41. The van der Waals surface area contributed by atoms with Crippen LogP contribution < -0.4 is 0 Å². The van der Waals surface area contributed by atoms with Crippen LogP contribution in [0.2, 0.25) is 0 Å². The van der Waals surface area contributed by atoms with E-state index in [-0.39, 0.29) is 0 Å². The zero-order valence-electron chi connectivity index (χ0n) is 9.87. The maximum absolute atomic E-state index is 10.9. The lowest BCUT2D eigenvalue weighted by molar-refractivity contribution is -0.143. The van der Waals surface area contributed by atoms with Crippen molar-refractivity contribution in [2.75, 3.05) is 0 Å². The molecule has 4 saturated carbocycles. The molecule has 0 aliphatic heterocycles. The van der Waals surface area contributed by atoms with Crippen LogP contribution in [0.25, 0.3) is 0 Å². The molecule has 0 radical (unpaired) electrons. The third-order valence-electron chi connectivity index (χ3n) is 4.97. The van der Waals surface area contributed by atoms with Gasteiger partial charge in [-0.2, -0.15) is 0 Å². The van der Waals surface area contributed by atoms with Gasteiger partial charge in [0.2, 0.25) is 0 Å². The van der Waals surface area contributed by atoms with Gasteiger partial charge in [-0.3, -0.25) is 0 Å². The Labute approximate surface area is 92.6 Å². The summed E-state index contributed by atoms with van der Waals surface area (Å²) in [4.78, 5) is 0. The minimum Gasteiger partial charge on any atom is -0.385 e. The largest absolute Gasteiger partial charge is 0.385 e. The monoisotopic (exact) mass is 206 g/mol. The standard InChI is InChI=1S/C14H22O/c1-9(2)8-14(15)12-4-10-3-11(6-12)7-13(14)5-10/h8,10-13,15H,3-7H2,1-2H3. The van der Waals surface area contributed by atoms with Crippen molar-refractivity contribution in [1.82, 2.24) is 0 Å². The molecule has 1 nitrogen and oxygen atoms in total. The van der Waals surface area contributed by atoms with E-state index in [9.17, 15) is 5.11 Å². The molecule has 0 aromatic rings. The molecule has 1 N–H and O–H groups in total. The molecule has 0 heterocycles. The molecule has 0 atom stereocenters. The van der Waals surface area contributed by atoms with Crippen LogP contribution in [-0.2, 0) is 0 Å². The van der Waals surface area contributed by atoms with Crippen molar-refractivity contribution >= 4 is 0 Å². The first kappa shape index (κ1) is 9.89. The van der Waals surface area contributed by atoms with E-state index in [4.69, 9.17) is 0 Å². The lowest BCUT2D eigenvalue weighted by Gasteiger charge is -2.58. The summed E-state index contributed by atoms with van der Waals surface area (Å²) in [5.74, 6) is 3.03. The van der Waals surface area contributed by atoms with E-state index in [1.807, 2.05) is 0 Å². The van der Waals surface area contributed by atoms with Gasteiger partial charge in [-0.25, -0.2) is 0 Å². The number of rotatable bonds is 1. The second-order valence-electron chi connectivity index (χ2n) is 6.41. The highest BCUT2D eigenvalue weighted by atomic mass is 16.3. The predicted molar refractivity (Wildman–Crippen MR) is 61.4 cm³/mol. The average Bonchev–Trinajstić information content (AvgIpc) is 2.12. The molecule has 4 bridgehead atoms. The van der Waals surface area contributed by atoms with E-state index >= 15 is 0 Å². The molecule has 0 aromatic heterocycles. The van der Waals surface area contributed by atoms with Crippen LogP contribution in [0.4, 0.5) is 0 Å². The quantitative estimate of drug-likeness (QED) is 0.653. The maximum atomic E-state index is 10.9. The molecule has 4 aliphatic carbocycles. The summed E-state index contributed by atoms with van der Waals surface area (Å²) in [6.07, 6.45) is 8.76. The average molecular weight is 206 g/mol. The first-order valence-corrected chi connectivity index (χ1v) is 6.46. The molecule has 0 amide bonds. The lowest BCUT2D eigenvalue weighted by Crippen LogP contribution is -2.56. The summed E-state index contributed by atoms with van der Waals surface area (Å²) in [7, 11) is 0. The van der Waals surface area contributed by atoms with Crippen molar-refractivity contribution < 1.29 is 5.11 Å². The van der Waals surface area contributed by atoms with E-state index in [2.05, 4.69) is 19.9 Å². The molecule has 1 heteroatoms. The minimum atomic E-state index is -0.438. The van der Waals surface area contributed by atoms with E-state index < -0.39 is 5.60 Å². The molecule has 0 spiro atoms. The number of hydrogen-bond acceptors (Lipinski definition) is 1. The molecule has 4 rings (SSSR count). The predicted octanol–water partition coefficient (Wildman–Crippen LogP) is 3.14. The third-order valence-corrected chi connectivity index (χ3v) is 4.97. The summed E-state index contributed by atoms with van der Waals surface area (Å²) in [5, 5.41) is 10.9. The highest BCUT2D eigenvalue weighted by Gasteiger charge is 2.55. The van der Waals surface area contributed by atoms with Crippen molar-refractivity contribution in [3.8, 4) is 0 Å². The summed E-state index contributed by atoms with van der Waals surface area (Å²) in [6.45, 7) is 4.23. The fourth-order valence-corrected chi connectivity index (χ4v) is 4.64. The van der Waals surface area contributed by atoms with E-state index in [0.29, 0.717) is 11.8 Å². The SMILES string of the molecule is CC(C)=CC1(O)C2CC3CC(C2)CC1C3. The van der Waals surface area contributed by atoms with Crippen molar-refractivity contribution in [2.24, 2.45) is 23.7 Å². The molecule has 0 unspecified atom stereocenters. The van der Waals surface area contributed by atoms with Crippen molar-refractivity contribution in [3.63, 3.8) is 0 Å². The highest BCUT2D eigenvalue weighted by molar-refractivity contribution is 5.18. The molecule has 0 saturated heterocycles. The van der Waals surface area contributed by atoms with Gasteiger partial charge >= 0.3 is 0 Å². The molecular formula is C14H22O. The Balaban J connectivity index is 1.94. The van der Waals surface area contributed by atoms with Gasteiger partial charge in [0.15, 0.2) is 0 Å². The van der Waals surface area contributed by atoms with Crippen molar-refractivity contribution in [3.05, 3.63) is 11.6 Å². The van der Waals surface area contributed by atoms with Gasteiger partial charge in [-0.1, -0.05) is 11.6 Å². The number of allylic oxidation sites excluding steroid dienone is 1. The molecule has 0 aromatic carbocycles. The van der Waals surface area contributed by atoms with Crippen LogP contribution in [0.1, 0.15) is 46.0 Å². The highest BCUT2D eigenvalue weighted by Crippen LogP contribution is 2.58. The van der Waals surface area contributed by atoms with Gasteiger partial charge < -0.3 is 5.11 Å². The molecule has 4 aliphatic rings. The fraction of sp³-hybridized carbons (Fsp3) is 0.857. The molecule has 4 fully saturated rings. The minimum absolute atomic E-state index is 0.438. The Hall–Kier alpha value is -0.300. The fourth-order valence-electron chi connectivity index (χ4n) is 4.64. The van der Waals surface area contributed by atoms with Gasteiger partial charge in [-0.05, 0) is 69.6 Å². The van der Waals surface area contributed by atoms with Crippen LogP contribution in [0.5, 0.6) is 0 Å². The first-order valence-electron chi connectivity index (χ1n) is 6.46. The summed E-state index contributed by atoms with van der Waals surface area (Å²) in [5.41, 5.74) is 0.844. The Morgan fingerprint density at radius 2 is 1.47 bits per heavy atom. The lowest BCUT2D eigenvalue weighted by atomic mass is 9.49. The molecular weight excluding hydrogens is 184 g/mol. The van der Waals surface area contributed by atoms with Gasteiger partial charge in [0.25, 0.3) is 0 Å². The third kappa shape index (κ3) is 1.39. The van der Waals surface area contributed by atoms with Crippen LogP contribution >= 0.6 is 0 Å². The zero-order valence-corrected chi connectivity index (χ0v) is 9.87. The van der Waals surface area contributed by atoms with Gasteiger partial charge in [0, 0.05) is 0 Å². The number of hydrogen-bond donors (Lipinski definition) is 1. The topological polar surface area (TPSA) is 20.2 Å². The van der Waals surface area contributed by atoms with Crippen LogP contribution in [-0.4, -0.2) is 10.7 Å². The van der Waals surface area contributed by atoms with Gasteiger partial charge in [0.1, 0.15) is 0 Å². The first-order chi connectivity index (χ1) is 7.08. The summed E-state index contributed by atoms with van der Waals surface area (Å²) in [6, 6.07) is 0. The Morgan fingerprint density at radius 1 is 1.00 bits per heavy atom. The smallest absolute Gasteiger partial charge is 0.0886 e. The van der Waals surface area contributed by atoms with E-state index in [1.54, 1.807) is 0 Å². The van der Waals surface area contributed by atoms with Gasteiger partial charge in [0.05, 0.1) is 5.60 Å². The van der Waals surface area contributed by atoms with Crippen molar-refractivity contribution in [2.45, 2.75) is 51.6 Å². The number of aliphatic hydroxyl groups is 1. The maximum Gasteiger partial charge on any atom is 0.0886 e. The Bertz CT molecular complexity index is 270. The molecule has 15 heavy (non-hydrogen) atoms. The second kappa shape index (κ2) is 3.10. The van der Waals surface area contributed by atoms with Crippen LogP contribution in [0.15, 0.2) is 11.6 Å². The Kier molecular flexibility index (Phi) is 2.04.